The number of hydrogen-bond donors (Lipinski definition) is 1. The first-order valence-corrected chi connectivity index (χ1v) is 6.68. The SMILES string of the molecule is CC1(CN2CCn3ccnc3C2)CCNCC1. The van der Waals surface area contributed by atoms with Gasteiger partial charge in [-0.3, -0.25) is 4.90 Å². The molecule has 0 unspecified atom stereocenters. The summed E-state index contributed by atoms with van der Waals surface area (Å²) in [6.45, 7) is 9.32. The zero-order valence-corrected chi connectivity index (χ0v) is 10.7. The van der Waals surface area contributed by atoms with Crippen LogP contribution in [0, 0.1) is 5.41 Å². The molecule has 1 saturated heterocycles. The largest absolute Gasteiger partial charge is 0.333 e. The first kappa shape index (κ1) is 11.2. The van der Waals surface area contributed by atoms with Crippen LogP contribution in [0.4, 0.5) is 0 Å². The first-order valence-electron chi connectivity index (χ1n) is 6.68. The molecule has 0 amide bonds. The molecule has 3 rings (SSSR count). The maximum atomic E-state index is 4.43. The van der Waals surface area contributed by atoms with E-state index in [1.807, 2.05) is 6.20 Å². The Morgan fingerprint density at radius 1 is 1.35 bits per heavy atom. The first-order chi connectivity index (χ1) is 8.25. The van der Waals surface area contributed by atoms with Crippen molar-refractivity contribution < 1.29 is 0 Å². The Morgan fingerprint density at radius 3 is 3.00 bits per heavy atom. The summed E-state index contributed by atoms with van der Waals surface area (Å²) in [5.41, 5.74) is 0.500. The Bertz CT molecular complexity index is 379. The van der Waals surface area contributed by atoms with E-state index in [0.717, 1.165) is 13.1 Å². The van der Waals surface area contributed by atoms with E-state index < -0.39 is 0 Å². The summed E-state index contributed by atoms with van der Waals surface area (Å²) in [4.78, 5) is 7.01. The Hall–Kier alpha value is -0.870. The Morgan fingerprint density at radius 2 is 2.18 bits per heavy atom. The maximum absolute atomic E-state index is 4.43. The van der Waals surface area contributed by atoms with Crippen molar-refractivity contribution in [2.45, 2.75) is 32.9 Å². The lowest BCUT2D eigenvalue weighted by Crippen LogP contribution is -2.45. The number of fused-ring (bicyclic) bond motifs is 1. The minimum atomic E-state index is 0.500. The van der Waals surface area contributed by atoms with Crippen LogP contribution < -0.4 is 5.32 Å². The highest BCUT2D eigenvalue weighted by Crippen LogP contribution is 2.30. The second-order valence-electron chi connectivity index (χ2n) is 5.81. The number of nitrogens with zero attached hydrogens (tertiary/aromatic N) is 3. The summed E-state index contributed by atoms with van der Waals surface area (Å²) in [7, 11) is 0. The molecule has 94 valence electrons. The van der Waals surface area contributed by atoms with Gasteiger partial charge in [0.1, 0.15) is 5.82 Å². The lowest BCUT2D eigenvalue weighted by molar-refractivity contribution is 0.106. The maximum Gasteiger partial charge on any atom is 0.122 e. The molecule has 0 aromatic carbocycles. The van der Waals surface area contributed by atoms with Crippen LogP contribution in [0.25, 0.3) is 0 Å². The molecule has 0 radical (unpaired) electrons. The average Bonchev–Trinajstić information content (AvgIpc) is 2.76. The number of rotatable bonds is 2. The van der Waals surface area contributed by atoms with Gasteiger partial charge in [-0.2, -0.15) is 0 Å². The van der Waals surface area contributed by atoms with Gasteiger partial charge in [0.05, 0.1) is 6.54 Å². The van der Waals surface area contributed by atoms with Crippen LogP contribution in [0.1, 0.15) is 25.6 Å². The van der Waals surface area contributed by atoms with Crippen LogP contribution in [0.5, 0.6) is 0 Å². The van der Waals surface area contributed by atoms with Gasteiger partial charge in [-0.05, 0) is 31.3 Å². The summed E-state index contributed by atoms with van der Waals surface area (Å²) >= 11 is 0. The molecular formula is C13H22N4. The average molecular weight is 234 g/mol. The van der Waals surface area contributed by atoms with Gasteiger partial charge in [-0.1, -0.05) is 6.92 Å². The third-order valence-corrected chi connectivity index (χ3v) is 4.24. The predicted octanol–water partition coefficient (Wildman–Crippen LogP) is 1.09. The fraction of sp³-hybridized carbons (Fsp3) is 0.769. The zero-order valence-electron chi connectivity index (χ0n) is 10.7. The second kappa shape index (κ2) is 4.42. The van der Waals surface area contributed by atoms with Gasteiger partial charge >= 0.3 is 0 Å². The van der Waals surface area contributed by atoms with Crippen molar-refractivity contribution in [3.8, 4) is 0 Å². The molecule has 0 aliphatic carbocycles. The Balaban J connectivity index is 1.63. The van der Waals surface area contributed by atoms with Crippen molar-refractivity contribution in [2.24, 2.45) is 5.41 Å². The molecule has 1 fully saturated rings. The van der Waals surface area contributed by atoms with Crippen LogP contribution in [0.3, 0.4) is 0 Å². The van der Waals surface area contributed by atoms with E-state index in [2.05, 4.69) is 32.9 Å². The van der Waals surface area contributed by atoms with Crippen LogP contribution in [0.2, 0.25) is 0 Å². The minimum absolute atomic E-state index is 0.500. The van der Waals surface area contributed by atoms with Gasteiger partial charge in [0.2, 0.25) is 0 Å². The van der Waals surface area contributed by atoms with E-state index in [4.69, 9.17) is 0 Å². The normalized spacial score (nSPS) is 24.5. The molecule has 17 heavy (non-hydrogen) atoms. The van der Waals surface area contributed by atoms with Crippen LogP contribution >= 0.6 is 0 Å². The minimum Gasteiger partial charge on any atom is -0.333 e. The number of nitrogens with one attached hydrogen (secondary N) is 1. The van der Waals surface area contributed by atoms with Gasteiger partial charge in [0, 0.05) is 32.0 Å². The molecule has 0 spiro atoms. The van der Waals surface area contributed by atoms with E-state index in [-0.39, 0.29) is 0 Å². The highest BCUT2D eigenvalue weighted by Gasteiger charge is 2.30. The lowest BCUT2D eigenvalue weighted by atomic mass is 9.80. The lowest BCUT2D eigenvalue weighted by Gasteiger charge is -2.39. The molecule has 2 aliphatic heterocycles. The molecule has 4 nitrogen and oxygen atoms in total. The summed E-state index contributed by atoms with van der Waals surface area (Å²) in [6.07, 6.45) is 6.62. The summed E-state index contributed by atoms with van der Waals surface area (Å²) < 4.78 is 2.28. The fourth-order valence-electron chi connectivity index (χ4n) is 3.09. The van der Waals surface area contributed by atoms with Crippen molar-refractivity contribution in [1.29, 1.82) is 0 Å². The molecule has 1 N–H and O–H groups in total. The number of hydrogen-bond acceptors (Lipinski definition) is 3. The van der Waals surface area contributed by atoms with Crippen LogP contribution in [-0.4, -0.2) is 40.6 Å². The number of aromatic nitrogens is 2. The molecule has 3 heterocycles. The summed E-state index contributed by atoms with van der Waals surface area (Å²) in [5.74, 6) is 1.23. The monoisotopic (exact) mass is 234 g/mol. The quantitative estimate of drug-likeness (QED) is 0.831. The third-order valence-electron chi connectivity index (χ3n) is 4.24. The highest BCUT2D eigenvalue weighted by atomic mass is 15.2. The van der Waals surface area contributed by atoms with E-state index in [0.29, 0.717) is 5.41 Å². The van der Waals surface area contributed by atoms with Crippen molar-refractivity contribution in [2.75, 3.05) is 26.2 Å². The zero-order chi connectivity index (χ0) is 11.7. The Labute approximate surface area is 103 Å². The number of piperidine rings is 1. The van der Waals surface area contributed by atoms with Gasteiger partial charge in [-0.25, -0.2) is 4.98 Å². The highest BCUT2D eigenvalue weighted by molar-refractivity contribution is 4.96. The van der Waals surface area contributed by atoms with Crippen molar-refractivity contribution in [3.05, 3.63) is 18.2 Å². The molecule has 4 heteroatoms. The second-order valence-corrected chi connectivity index (χ2v) is 5.81. The number of imidazole rings is 1. The molecule has 1 aromatic heterocycles. The van der Waals surface area contributed by atoms with Crippen molar-refractivity contribution in [3.63, 3.8) is 0 Å². The van der Waals surface area contributed by atoms with Gasteiger partial charge in [0.25, 0.3) is 0 Å². The van der Waals surface area contributed by atoms with Gasteiger partial charge < -0.3 is 9.88 Å². The summed E-state index contributed by atoms with van der Waals surface area (Å²) in [6, 6.07) is 0. The van der Waals surface area contributed by atoms with Crippen molar-refractivity contribution in [1.82, 2.24) is 19.8 Å². The van der Waals surface area contributed by atoms with Crippen LogP contribution in [0.15, 0.2) is 12.4 Å². The molecule has 0 atom stereocenters. The van der Waals surface area contributed by atoms with Gasteiger partial charge in [0.15, 0.2) is 0 Å². The molecular weight excluding hydrogens is 212 g/mol. The fourth-order valence-corrected chi connectivity index (χ4v) is 3.09. The van der Waals surface area contributed by atoms with E-state index in [9.17, 15) is 0 Å². The predicted molar refractivity (Wildman–Crippen MR) is 67.7 cm³/mol. The Kier molecular flexibility index (Phi) is 2.92. The molecule has 0 saturated carbocycles. The van der Waals surface area contributed by atoms with E-state index in [1.54, 1.807) is 0 Å². The van der Waals surface area contributed by atoms with Crippen LogP contribution in [-0.2, 0) is 13.1 Å². The molecule has 1 aromatic rings. The standard InChI is InChI=1S/C13H22N4/c1-13(2-4-14-5-3-13)11-16-8-9-17-7-6-15-12(17)10-16/h6-7,14H,2-5,8-11H2,1H3. The topological polar surface area (TPSA) is 33.1 Å². The smallest absolute Gasteiger partial charge is 0.122 e. The van der Waals surface area contributed by atoms with Gasteiger partial charge in [-0.15, -0.1) is 0 Å². The van der Waals surface area contributed by atoms with E-state index >= 15 is 0 Å². The third kappa shape index (κ3) is 2.38. The summed E-state index contributed by atoms with van der Waals surface area (Å²) in [5, 5.41) is 3.45. The van der Waals surface area contributed by atoms with E-state index in [1.165, 1.54) is 44.8 Å². The molecule has 0 bridgehead atoms. The molecule has 2 aliphatic rings. The van der Waals surface area contributed by atoms with Crippen molar-refractivity contribution >= 4 is 0 Å².